The lowest BCUT2D eigenvalue weighted by Crippen LogP contribution is -2.39. The molecule has 0 saturated heterocycles. The van der Waals surface area contributed by atoms with Crippen molar-refractivity contribution in [3.05, 3.63) is 42.0 Å². The number of carbonyl (C=O) groups excluding carboxylic acids is 1. The van der Waals surface area contributed by atoms with Gasteiger partial charge in [-0.25, -0.2) is 4.98 Å². The highest BCUT2D eigenvalue weighted by molar-refractivity contribution is 5.94. The molecule has 21 heavy (non-hydrogen) atoms. The summed E-state index contributed by atoms with van der Waals surface area (Å²) in [4.78, 5) is 16.2. The Labute approximate surface area is 125 Å². The molecule has 112 valence electrons. The number of aryl methyl sites for hydroxylation is 1. The summed E-state index contributed by atoms with van der Waals surface area (Å²) in [5.41, 5.74) is 9.70. The number of anilines is 1. The van der Waals surface area contributed by atoms with Crippen molar-refractivity contribution in [1.82, 2.24) is 9.55 Å². The minimum atomic E-state index is -0.497. The Balaban J connectivity index is 2.13. The SMILES string of the molecule is Cc1ncn(-c2ccc(NC(=O)[C@@H](N)C(C)C)cc2)c1C. The summed E-state index contributed by atoms with van der Waals surface area (Å²) in [6, 6.07) is 7.14. The summed E-state index contributed by atoms with van der Waals surface area (Å²) in [5.74, 6) is -0.0479. The number of rotatable bonds is 4. The lowest BCUT2D eigenvalue weighted by molar-refractivity contribution is -0.118. The molecule has 0 unspecified atom stereocenters. The third kappa shape index (κ3) is 3.31. The number of aromatic nitrogens is 2. The molecule has 0 aliphatic heterocycles. The summed E-state index contributed by atoms with van der Waals surface area (Å²) in [6.45, 7) is 7.86. The molecule has 1 heterocycles. The summed E-state index contributed by atoms with van der Waals surface area (Å²) in [6.07, 6.45) is 1.80. The second-order valence-corrected chi connectivity index (χ2v) is 5.59. The van der Waals surface area contributed by atoms with Crippen LogP contribution in [0.2, 0.25) is 0 Å². The number of benzene rings is 1. The predicted molar refractivity (Wildman–Crippen MR) is 84.5 cm³/mol. The number of amides is 1. The van der Waals surface area contributed by atoms with Crippen LogP contribution < -0.4 is 11.1 Å². The summed E-state index contributed by atoms with van der Waals surface area (Å²) >= 11 is 0. The van der Waals surface area contributed by atoms with Crippen LogP contribution in [0.1, 0.15) is 25.2 Å². The highest BCUT2D eigenvalue weighted by Crippen LogP contribution is 2.17. The number of nitrogens with zero attached hydrogens (tertiary/aromatic N) is 2. The van der Waals surface area contributed by atoms with E-state index in [0.717, 1.165) is 22.8 Å². The molecule has 5 heteroatoms. The van der Waals surface area contributed by atoms with Crippen LogP contribution in [0.15, 0.2) is 30.6 Å². The molecule has 1 aromatic heterocycles. The first-order valence-electron chi connectivity index (χ1n) is 7.07. The quantitative estimate of drug-likeness (QED) is 0.906. The average Bonchev–Trinajstić information content (AvgIpc) is 2.79. The van der Waals surface area contributed by atoms with Gasteiger partial charge in [0.2, 0.25) is 5.91 Å². The Hall–Kier alpha value is -2.14. The van der Waals surface area contributed by atoms with E-state index in [-0.39, 0.29) is 11.8 Å². The molecule has 0 radical (unpaired) electrons. The van der Waals surface area contributed by atoms with Gasteiger partial charge in [0.05, 0.1) is 18.1 Å². The highest BCUT2D eigenvalue weighted by Gasteiger charge is 2.17. The lowest BCUT2D eigenvalue weighted by atomic mass is 10.0. The number of hydrogen-bond acceptors (Lipinski definition) is 3. The van der Waals surface area contributed by atoms with Gasteiger partial charge in [0, 0.05) is 17.1 Å². The van der Waals surface area contributed by atoms with Crippen LogP contribution in [-0.2, 0) is 4.79 Å². The second-order valence-electron chi connectivity index (χ2n) is 5.59. The molecule has 0 spiro atoms. The highest BCUT2D eigenvalue weighted by atomic mass is 16.2. The van der Waals surface area contributed by atoms with Crippen LogP contribution in [0.5, 0.6) is 0 Å². The maximum Gasteiger partial charge on any atom is 0.241 e. The van der Waals surface area contributed by atoms with Gasteiger partial charge in [-0.15, -0.1) is 0 Å². The first kappa shape index (κ1) is 15.3. The summed E-state index contributed by atoms with van der Waals surface area (Å²) in [5, 5.41) is 2.83. The third-order valence-electron chi connectivity index (χ3n) is 3.69. The van der Waals surface area contributed by atoms with Crippen molar-refractivity contribution in [1.29, 1.82) is 0 Å². The van der Waals surface area contributed by atoms with Crippen LogP contribution >= 0.6 is 0 Å². The van der Waals surface area contributed by atoms with E-state index in [1.807, 2.05) is 56.5 Å². The maximum atomic E-state index is 11.9. The van der Waals surface area contributed by atoms with E-state index in [1.54, 1.807) is 6.33 Å². The number of nitrogens with two attached hydrogens (primary N) is 1. The molecule has 3 N–H and O–H groups in total. The van der Waals surface area contributed by atoms with Gasteiger partial charge in [-0.1, -0.05) is 13.8 Å². The van der Waals surface area contributed by atoms with E-state index < -0.39 is 6.04 Å². The molecule has 0 aliphatic carbocycles. The second kappa shape index (κ2) is 6.10. The van der Waals surface area contributed by atoms with Crippen molar-refractivity contribution in [3.63, 3.8) is 0 Å². The summed E-state index contributed by atoms with van der Waals surface area (Å²) < 4.78 is 2.01. The molecule has 1 atom stereocenters. The van der Waals surface area contributed by atoms with E-state index in [9.17, 15) is 4.79 Å². The molecule has 0 bridgehead atoms. The molecule has 1 amide bonds. The minimum absolute atomic E-state index is 0.112. The van der Waals surface area contributed by atoms with Crippen LogP contribution in [0, 0.1) is 19.8 Å². The van der Waals surface area contributed by atoms with Crippen molar-refractivity contribution < 1.29 is 4.79 Å². The van der Waals surface area contributed by atoms with Gasteiger partial charge in [-0.05, 0) is 44.0 Å². The van der Waals surface area contributed by atoms with Gasteiger partial charge in [0.25, 0.3) is 0 Å². The molecule has 5 nitrogen and oxygen atoms in total. The predicted octanol–water partition coefficient (Wildman–Crippen LogP) is 2.41. The monoisotopic (exact) mass is 286 g/mol. The topological polar surface area (TPSA) is 72.9 Å². The van der Waals surface area contributed by atoms with Gasteiger partial charge >= 0.3 is 0 Å². The fourth-order valence-corrected chi connectivity index (χ4v) is 1.99. The first-order chi connectivity index (χ1) is 9.90. The number of nitrogens with one attached hydrogen (secondary N) is 1. The lowest BCUT2D eigenvalue weighted by Gasteiger charge is -2.15. The standard InChI is InChI=1S/C16H22N4O/c1-10(2)15(17)16(21)19-13-5-7-14(8-6-13)20-9-18-11(3)12(20)4/h5-10,15H,17H2,1-4H3,(H,19,21)/t15-/m0/s1. The Kier molecular flexibility index (Phi) is 4.43. The molecule has 0 saturated carbocycles. The molecule has 2 aromatic rings. The van der Waals surface area contributed by atoms with E-state index in [4.69, 9.17) is 5.73 Å². The number of carbonyl (C=O) groups is 1. The average molecular weight is 286 g/mol. The minimum Gasteiger partial charge on any atom is -0.325 e. The molecule has 1 aromatic carbocycles. The van der Waals surface area contributed by atoms with E-state index in [0.29, 0.717) is 0 Å². The number of hydrogen-bond donors (Lipinski definition) is 2. The van der Waals surface area contributed by atoms with Crippen molar-refractivity contribution in [2.45, 2.75) is 33.7 Å². The van der Waals surface area contributed by atoms with Crippen molar-refractivity contribution >= 4 is 11.6 Å². The molecular formula is C16H22N4O. The zero-order chi connectivity index (χ0) is 15.6. The fraction of sp³-hybridized carbons (Fsp3) is 0.375. The largest absolute Gasteiger partial charge is 0.325 e. The zero-order valence-electron chi connectivity index (χ0n) is 12.9. The van der Waals surface area contributed by atoms with E-state index >= 15 is 0 Å². The fourth-order valence-electron chi connectivity index (χ4n) is 1.99. The Bertz CT molecular complexity index is 628. The van der Waals surface area contributed by atoms with Crippen molar-refractivity contribution in [2.24, 2.45) is 11.7 Å². The van der Waals surface area contributed by atoms with Gasteiger partial charge in [0.1, 0.15) is 0 Å². The van der Waals surface area contributed by atoms with Crippen molar-refractivity contribution in [2.75, 3.05) is 5.32 Å². The van der Waals surface area contributed by atoms with E-state index in [1.165, 1.54) is 0 Å². The van der Waals surface area contributed by atoms with Gasteiger partial charge in [-0.2, -0.15) is 0 Å². The number of imidazole rings is 1. The zero-order valence-corrected chi connectivity index (χ0v) is 12.9. The van der Waals surface area contributed by atoms with Crippen molar-refractivity contribution in [3.8, 4) is 5.69 Å². The van der Waals surface area contributed by atoms with Gasteiger partial charge in [-0.3, -0.25) is 4.79 Å². The molecule has 2 rings (SSSR count). The third-order valence-corrected chi connectivity index (χ3v) is 3.69. The first-order valence-corrected chi connectivity index (χ1v) is 7.07. The van der Waals surface area contributed by atoms with Crippen LogP contribution in [0.3, 0.4) is 0 Å². The maximum absolute atomic E-state index is 11.9. The molecular weight excluding hydrogens is 264 g/mol. The van der Waals surface area contributed by atoms with Crippen LogP contribution in [0.4, 0.5) is 5.69 Å². The van der Waals surface area contributed by atoms with Gasteiger partial charge < -0.3 is 15.6 Å². The van der Waals surface area contributed by atoms with Gasteiger partial charge in [0.15, 0.2) is 0 Å². The van der Waals surface area contributed by atoms with Crippen LogP contribution in [0.25, 0.3) is 5.69 Å². The Morgan fingerprint density at radius 3 is 2.33 bits per heavy atom. The Morgan fingerprint density at radius 2 is 1.86 bits per heavy atom. The van der Waals surface area contributed by atoms with Crippen LogP contribution in [-0.4, -0.2) is 21.5 Å². The smallest absolute Gasteiger partial charge is 0.241 e. The Morgan fingerprint density at radius 1 is 1.24 bits per heavy atom. The normalized spacial score (nSPS) is 12.5. The molecule has 0 fully saturated rings. The van der Waals surface area contributed by atoms with E-state index in [2.05, 4.69) is 10.3 Å². The molecule has 0 aliphatic rings. The summed E-state index contributed by atoms with van der Waals surface area (Å²) in [7, 11) is 0.